The van der Waals surface area contributed by atoms with Gasteiger partial charge in [0.25, 0.3) is 0 Å². The van der Waals surface area contributed by atoms with Gasteiger partial charge in [0, 0.05) is 6.42 Å². The first-order valence-electron chi connectivity index (χ1n) is 5.05. The molecular weight excluding hydrogens is 208 g/mol. The first-order valence-corrected chi connectivity index (χ1v) is 5.05. The highest BCUT2D eigenvalue weighted by Gasteiger charge is 2.26. The number of imide groups is 1. The number of nitrogens with one attached hydrogen (secondary N) is 2. The summed E-state index contributed by atoms with van der Waals surface area (Å²) in [6.07, 6.45) is 2.47. The van der Waals surface area contributed by atoms with Crippen LogP contribution in [-0.2, 0) is 9.59 Å². The number of hydrogen-bond acceptors (Lipinski definition) is 5. The topological polar surface area (TPSA) is 84.0 Å². The van der Waals surface area contributed by atoms with E-state index in [1.54, 1.807) is 12.3 Å². The van der Waals surface area contributed by atoms with Gasteiger partial charge in [-0.25, -0.2) is 0 Å². The average Bonchev–Trinajstić information content (AvgIpc) is 2.22. The average molecular weight is 220 g/mol. The van der Waals surface area contributed by atoms with Gasteiger partial charge in [0.15, 0.2) is 0 Å². The van der Waals surface area contributed by atoms with E-state index in [0.29, 0.717) is 18.7 Å². The molecule has 1 atom stereocenters. The molecule has 0 bridgehead atoms. The van der Waals surface area contributed by atoms with Gasteiger partial charge in [0.2, 0.25) is 11.8 Å². The Morgan fingerprint density at radius 2 is 2.31 bits per heavy atom. The summed E-state index contributed by atoms with van der Waals surface area (Å²) in [7, 11) is 0. The van der Waals surface area contributed by atoms with Crippen LogP contribution < -0.4 is 10.6 Å². The molecule has 2 heterocycles. The Hall–Kier alpha value is -1.98. The Labute approximate surface area is 92.4 Å². The van der Waals surface area contributed by atoms with Gasteiger partial charge in [-0.1, -0.05) is 0 Å². The number of carbonyl (C=O) groups excluding carboxylic acids is 2. The van der Waals surface area contributed by atoms with Crippen LogP contribution in [0.25, 0.3) is 0 Å². The molecule has 16 heavy (non-hydrogen) atoms. The smallest absolute Gasteiger partial charge is 0.249 e. The molecule has 1 saturated heterocycles. The largest absolute Gasteiger partial charge is 0.357 e. The molecule has 1 unspecified atom stereocenters. The van der Waals surface area contributed by atoms with E-state index in [9.17, 15) is 9.59 Å². The van der Waals surface area contributed by atoms with Gasteiger partial charge in [-0.15, -0.1) is 5.10 Å². The lowest BCUT2D eigenvalue weighted by Gasteiger charge is -2.21. The van der Waals surface area contributed by atoms with Gasteiger partial charge < -0.3 is 5.32 Å². The number of amides is 2. The Morgan fingerprint density at radius 3 is 3.00 bits per heavy atom. The molecule has 6 heteroatoms. The van der Waals surface area contributed by atoms with Gasteiger partial charge >= 0.3 is 0 Å². The van der Waals surface area contributed by atoms with E-state index in [1.165, 1.54) is 0 Å². The predicted octanol–water partition coefficient (Wildman–Crippen LogP) is 0.00212. The molecule has 1 aliphatic heterocycles. The van der Waals surface area contributed by atoms with Crippen molar-refractivity contribution in [1.29, 1.82) is 0 Å². The Balaban J connectivity index is 2.05. The summed E-state index contributed by atoms with van der Waals surface area (Å²) in [4.78, 5) is 22.4. The number of aromatic nitrogens is 2. The van der Waals surface area contributed by atoms with Gasteiger partial charge in [0.1, 0.15) is 11.9 Å². The molecule has 1 fully saturated rings. The van der Waals surface area contributed by atoms with Crippen LogP contribution in [0.2, 0.25) is 0 Å². The molecule has 2 N–H and O–H groups in total. The first-order chi connectivity index (χ1) is 7.65. The van der Waals surface area contributed by atoms with Gasteiger partial charge in [-0.05, 0) is 25.0 Å². The lowest BCUT2D eigenvalue weighted by atomic mass is 10.1. The number of anilines is 1. The van der Waals surface area contributed by atoms with Crippen LogP contribution in [0, 0.1) is 6.92 Å². The zero-order chi connectivity index (χ0) is 11.5. The molecule has 0 radical (unpaired) electrons. The number of aryl methyl sites for hydroxylation is 1. The van der Waals surface area contributed by atoms with Crippen molar-refractivity contribution >= 4 is 17.6 Å². The van der Waals surface area contributed by atoms with E-state index in [-0.39, 0.29) is 11.8 Å². The van der Waals surface area contributed by atoms with E-state index in [1.807, 2.05) is 6.92 Å². The lowest BCUT2D eigenvalue weighted by molar-refractivity contribution is -0.133. The second kappa shape index (κ2) is 4.26. The number of carbonyl (C=O) groups is 2. The van der Waals surface area contributed by atoms with E-state index in [4.69, 9.17) is 0 Å². The Kier molecular flexibility index (Phi) is 2.80. The minimum Gasteiger partial charge on any atom is -0.357 e. The summed E-state index contributed by atoms with van der Waals surface area (Å²) in [6.45, 7) is 1.89. The van der Waals surface area contributed by atoms with Crippen molar-refractivity contribution in [2.24, 2.45) is 0 Å². The van der Waals surface area contributed by atoms with Crippen molar-refractivity contribution in [3.8, 4) is 0 Å². The monoisotopic (exact) mass is 220 g/mol. The normalized spacial score (nSPS) is 20.4. The highest BCUT2D eigenvalue weighted by atomic mass is 16.2. The summed E-state index contributed by atoms with van der Waals surface area (Å²) in [6, 6.07) is 1.39. The zero-order valence-corrected chi connectivity index (χ0v) is 8.86. The Morgan fingerprint density at radius 1 is 1.50 bits per heavy atom. The SMILES string of the molecule is Cc1cnnc(NC2CCC(=O)NC2=O)c1. The fraction of sp³-hybridized carbons (Fsp3) is 0.400. The summed E-state index contributed by atoms with van der Waals surface area (Å²) in [5.74, 6) is 0.0208. The lowest BCUT2D eigenvalue weighted by Crippen LogP contribution is -2.47. The van der Waals surface area contributed by atoms with Gasteiger partial charge in [-0.3, -0.25) is 14.9 Å². The van der Waals surface area contributed by atoms with Crippen molar-refractivity contribution < 1.29 is 9.59 Å². The number of hydrogen-bond donors (Lipinski definition) is 2. The molecule has 1 aromatic rings. The summed E-state index contributed by atoms with van der Waals surface area (Å²) in [5, 5.41) is 12.9. The van der Waals surface area contributed by atoms with Crippen molar-refractivity contribution in [2.75, 3.05) is 5.32 Å². The van der Waals surface area contributed by atoms with E-state index in [0.717, 1.165) is 5.56 Å². The molecule has 0 aromatic carbocycles. The molecule has 0 saturated carbocycles. The fourth-order valence-corrected chi connectivity index (χ4v) is 1.54. The van der Waals surface area contributed by atoms with Crippen molar-refractivity contribution in [1.82, 2.24) is 15.5 Å². The molecule has 2 amide bonds. The maximum atomic E-state index is 11.5. The number of nitrogens with zero attached hydrogens (tertiary/aromatic N) is 2. The third-order valence-corrected chi connectivity index (χ3v) is 2.35. The highest BCUT2D eigenvalue weighted by Crippen LogP contribution is 2.11. The molecule has 84 valence electrons. The maximum absolute atomic E-state index is 11.5. The van der Waals surface area contributed by atoms with Gasteiger partial charge in [0.05, 0.1) is 6.20 Å². The molecule has 1 aliphatic rings. The third-order valence-electron chi connectivity index (χ3n) is 2.35. The molecule has 0 spiro atoms. The van der Waals surface area contributed by atoms with Crippen LogP contribution >= 0.6 is 0 Å². The Bertz CT molecular complexity index is 433. The van der Waals surface area contributed by atoms with Crippen LogP contribution in [-0.4, -0.2) is 28.1 Å². The minimum absolute atomic E-state index is 0.224. The second-order valence-corrected chi connectivity index (χ2v) is 3.77. The standard InChI is InChI=1S/C10H12N4O2/c1-6-4-8(14-11-5-6)12-7-2-3-9(15)13-10(7)16/h4-5,7H,2-3H2,1H3,(H,12,14)(H,13,15,16). The van der Waals surface area contributed by atoms with Crippen LogP contribution in [0.4, 0.5) is 5.82 Å². The maximum Gasteiger partial charge on any atom is 0.249 e. The summed E-state index contributed by atoms with van der Waals surface area (Å²) >= 11 is 0. The van der Waals surface area contributed by atoms with Crippen LogP contribution in [0.15, 0.2) is 12.3 Å². The van der Waals surface area contributed by atoms with Crippen LogP contribution in [0.1, 0.15) is 18.4 Å². The quantitative estimate of drug-likeness (QED) is 0.685. The number of piperidine rings is 1. The van der Waals surface area contributed by atoms with E-state index in [2.05, 4.69) is 20.8 Å². The summed E-state index contributed by atoms with van der Waals surface area (Å²) in [5.41, 5.74) is 0.963. The predicted molar refractivity (Wildman–Crippen MR) is 56.6 cm³/mol. The van der Waals surface area contributed by atoms with Crippen molar-refractivity contribution in [2.45, 2.75) is 25.8 Å². The van der Waals surface area contributed by atoms with Crippen LogP contribution in [0.3, 0.4) is 0 Å². The van der Waals surface area contributed by atoms with E-state index < -0.39 is 6.04 Å². The van der Waals surface area contributed by atoms with Crippen molar-refractivity contribution in [3.63, 3.8) is 0 Å². The van der Waals surface area contributed by atoms with Gasteiger partial charge in [-0.2, -0.15) is 5.10 Å². The zero-order valence-electron chi connectivity index (χ0n) is 8.86. The summed E-state index contributed by atoms with van der Waals surface area (Å²) < 4.78 is 0. The fourth-order valence-electron chi connectivity index (χ4n) is 1.54. The van der Waals surface area contributed by atoms with E-state index >= 15 is 0 Å². The molecular formula is C10H12N4O2. The molecule has 1 aromatic heterocycles. The molecule has 2 rings (SSSR count). The molecule has 6 nitrogen and oxygen atoms in total. The second-order valence-electron chi connectivity index (χ2n) is 3.77. The van der Waals surface area contributed by atoms with Crippen molar-refractivity contribution in [3.05, 3.63) is 17.8 Å². The minimum atomic E-state index is -0.409. The third kappa shape index (κ3) is 2.33. The number of rotatable bonds is 2. The highest BCUT2D eigenvalue weighted by molar-refractivity contribution is 6.01. The first kappa shape index (κ1) is 10.5. The van der Waals surface area contributed by atoms with Crippen LogP contribution in [0.5, 0.6) is 0 Å². The molecule has 0 aliphatic carbocycles.